The fourth-order valence-electron chi connectivity index (χ4n) is 3.61. The Hall–Kier alpha value is -3.87. The maximum absolute atomic E-state index is 10.9. The van der Waals surface area contributed by atoms with Gasteiger partial charge in [0.15, 0.2) is 0 Å². The van der Waals surface area contributed by atoms with Crippen LogP contribution in [-0.2, 0) is 11.2 Å². The Labute approximate surface area is 175 Å². The van der Waals surface area contributed by atoms with Gasteiger partial charge in [-0.15, -0.1) is 0 Å². The lowest BCUT2D eigenvalue weighted by atomic mass is 10.00. The Kier molecular flexibility index (Phi) is 5.61. The molecule has 0 saturated carbocycles. The molecule has 1 unspecified atom stereocenters. The molecule has 3 aromatic rings. The second-order valence-corrected chi connectivity index (χ2v) is 6.95. The van der Waals surface area contributed by atoms with Crippen LogP contribution in [0.4, 0.5) is 5.82 Å². The van der Waals surface area contributed by atoms with Gasteiger partial charge in [-0.05, 0) is 41.8 Å². The summed E-state index contributed by atoms with van der Waals surface area (Å²) in [6.07, 6.45) is 2.79. The van der Waals surface area contributed by atoms with E-state index in [1.165, 1.54) is 0 Å². The molecular formula is C23H23N5O2. The van der Waals surface area contributed by atoms with E-state index in [4.69, 9.17) is 4.74 Å². The summed E-state index contributed by atoms with van der Waals surface area (Å²) in [5, 5.41) is 4.47. The Morgan fingerprint density at radius 3 is 2.77 bits per heavy atom. The number of benzene rings is 2. The second kappa shape index (κ2) is 8.65. The number of ether oxygens (including phenoxy) is 1. The van der Waals surface area contributed by atoms with Crippen molar-refractivity contribution in [3.8, 4) is 16.9 Å². The highest BCUT2D eigenvalue weighted by Crippen LogP contribution is 2.34. The average molecular weight is 401 g/mol. The molecule has 2 aromatic carbocycles. The van der Waals surface area contributed by atoms with Gasteiger partial charge in [0.25, 0.3) is 0 Å². The van der Waals surface area contributed by atoms with Crippen molar-refractivity contribution in [2.24, 2.45) is 4.99 Å². The fourth-order valence-corrected chi connectivity index (χ4v) is 3.61. The van der Waals surface area contributed by atoms with E-state index in [1.54, 1.807) is 13.3 Å². The molecule has 152 valence electrons. The van der Waals surface area contributed by atoms with E-state index in [0.717, 1.165) is 28.0 Å². The van der Waals surface area contributed by atoms with Crippen molar-refractivity contribution < 1.29 is 9.53 Å². The molecule has 0 radical (unpaired) electrons. The Morgan fingerprint density at radius 1 is 1.17 bits per heavy atom. The van der Waals surface area contributed by atoms with Crippen LogP contribution in [0.15, 0.2) is 71.9 Å². The number of hydrogen-bond donors (Lipinski definition) is 2. The van der Waals surface area contributed by atoms with Gasteiger partial charge in [-0.25, -0.2) is 15.0 Å². The largest absolute Gasteiger partial charge is 0.496 e. The van der Waals surface area contributed by atoms with Crippen LogP contribution in [0, 0.1) is 6.92 Å². The number of anilines is 1. The van der Waals surface area contributed by atoms with E-state index in [1.807, 2.05) is 47.5 Å². The molecule has 0 aliphatic carbocycles. The predicted molar refractivity (Wildman–Crippen MR) is 117 cm³/mol. The number of methoxy groups -OCH3 is 1. The maximum Gasteiger partial charge on any atom is 0.219 e. The second-order valence-electron chi connectivity index (χ2n) is 6.95. The molecule has 1 aromatic heterocycles. The summed E-state index contributed by atoms with van der Waals surface area (Å²) in [6.45, 7) is 2.06. The molecule has 1 atom stereocenters. The third kappa shape index (κ3) is 3.96. The number of hydrazine groups is 1. The average Bonchev–Trinajstić information content (AvgIpc) is 3.16. The lowest BCUT2D eigenvalue weighted by Gasteiger charge is -2.25. The van der Waals surface area contributed by atoms with Gasteiger partial charge >= 0.3 is 0 Å². The van der Waals surface area contributed by atoms with Crippen molar-refractivity contribution in [2.45, 2.75) is 19.5 Å². The molecule has 2 N–H and O–H groups in total. The highest BCUT2D eigenvalue weighted by Gasteiger charge is 2.28. The van der Waals surface area contributed by atoms with E-state index in [9.17, 15) is 4.79 Å². The monoisotopic (exact) mass is 401 g/mol. The minimum absolute atomic E-state index is 0.253. The lowest BCUT2D eigenvalue weighted by molar-refractivity contribution is -0.108. The van der Waals surface area contributed by atoms with Crippen LogP contribution in [-0.4, -0.2) is 30.6 Å². The maximum atomic E-state index is 10.9. The van der Waals surface area contributed by atoms with Gasteiger partial charge in [-0.3, -0.25) is 15.5 Å². The topological polar surface area (TPSA) is 78.9 Å². The first-order chi connectivity index (χ1) is 14.7. The van der Waals surface area contributed by atoms with Crippen LogP contribution in [0.1, 0.15) is 11.1 Å². The SMILES string of the molecule is COc1cccc(C)c1-c1ccnc(N2NC(NC=O)=NC2Cc2ccccc2)c1. The summed E-state index contributed by atoms with van der Waals surface area (Å²) in [7, 11) is 1.67. The van der Waals surface area contributed by atoms with Crippen molar-refractivity contribution in [1.29, 1.82) is 0 Å². The van der Waals surface area contributed by atoms with Gasteiger partial charge in [0.2, 0.25) is 12.4 Å². The van der Waals surface area contributed by atoms with Gasteiger partial charge in [-0.1, -0.05) is 42.5 Å². The highest BCUT2D eigenvalue weighted by molar-refractivity contribution is 5.91. The van der Waals surface area contributed by atoms with E-state index < -0.39 is 0 Å². The molecule has 2 heterocycles. The minimum Gasteiger partial charge on any atom is -0.496 e. The molecule has 30 heavy (non-hydrogen) atoms. The zero-order chi connectivity index (χ0) is 20.9. The number of aliphatic imine (C=N–C) groups is 1. The first-order valence-corrected chi connectivity index (χ1v) is 9.67. The molecule has 0 bridgehead atoms. The molecule has 7 heteroatoms. The van der Waals surface area contributed by atoms with Crippen LogP contribution >= 0.6 is 0 Å². The minimum atomic E-state index is -0.253. The fraction of sp³-hybridized carbons (Fsp3) is 0.174. The van der Waals surface area contributed by atoms with Crippen LogP contribution in [0.2, 0.25) is 0 Å². The number of pyridine rings is 1. The number of rotatable bonds is 6. The van der Waals surface area contributed by atoms with Crippen LogP contribution < -0.4 is 20.5 Å². The highest BCUT2D eigenvalue weighted by atomic mass is 16.5. The normalized spacial score (nSPS) is 15.3. The zero-order valence-corrected chi connectivity index (χ0v) is 16.9. The van der Waals surface area contributed by atoms with E-state index >= 15 is 0 Å². The van der Waals surface area contributed by atoms with Gasteiger partial charge in [0, 0.05) is 18.2 Å². The first kappa shape index (κ1) is 19.4. The first-order valence-electron chi connectivity index (χ1n) is 9.67. The number of carbonyl (C=O) groups is 1. The Bertz CT molecular complexity index is 1070. The van der Waals surface area contributed by atoms with Gasteiger partial charge < -0.3 is 4.74 Å². The molecule has 1 aliphatic heterocycles. The zero-order valence-electron chi connectivity index (χ0n) is 16.9. The van der Waals surface area contributed by atoms with E-state index in [2.05, 4.69) is 45.8 Å². The molecule has 0 fully saturated rings. The third-order valence-corrected chi connectivity index (χ3v) is 4.99. The third-order valence-electron chi connectivity index (χ3n) is 4.99. The van der Waals surface area contributed by atoms with Crippen molar-refractivity contribution in [1.82, 2.24) is 15.7 Å². The number of aryl methyl sites for hydroxylation is 1. The van der Waals surface area contributed by atoms with E-state index in [0.29, 0.717) is 24.6 Å². The standard InChI is InChI=1S/C23H23N5O2/c1-16-7-6-10-19(30-2)22(16)18-11-12-24-20(14-18)28-21(26-23(27-28)25-15-29)13-17-8-4-3-5-9-17/h3-12,14-15,21H,13H2,1-2H3,(H2,25,26,27,29). The summed E-state index contributed by atoms with van der Waals surface area (Å²) in [4.78, 5) is 20.1. The van der Waals surface area contributed by atoms with Crippen molar-refractivity contribution in [3.05, 3.63) is 78.0 Å². The quantitative estimate of drug-likeness (QED) is 0.621. The van der Waals surface area contributed by atoms with Crippen LogP contribution in [0.3, 0.4) is 0 Å². The summed E-state index contributed by atoms with van der Waals surface area (Å²) < 4.78 is 5.57. The number of hydrogen-bond acceptors (Lipinski definition) is 6. The van der Waals surface area contributed by atoms with Crippen molar-refractivity contribution in [3.63, 3.8) is 0 Å². The molecule has 4 rings (SSSR count). The predicted octanol–water partition coefficient (Wildman–Crippen LogP) is 3.06. The number of nitrogens with zero attached hydrogens (tertiary/aromatic N) is 3. The molecule has 1 amide bonds. The van der Waals surface area contributed by atoms with E-state index in [-0.39, 0.29) is 6.17 Å². The molecule has 0 saturated heterocycles. The Morgan fingerprint density at radius 2 is 2.00 bits per heavy atom. The van der Waals surface area contributed by atoms with Crippen LogP contribution in [0.5, 0.6) is 5.75 Å². The van der Waals surface area contributed by atoms with Crippen molar-refractivity contribution in [2.75, 3.05) is 12.1 Å². The summed E-state index contributed by atoms with van der Waals surface area (Å²) in [5.41, 5.74) is 7.42. The molecular weight excluding hydrogens is 378 g/mol. The molecule has 0 spiro atoms. The Balaban J connectivity index is 1.69. The number of nitrogens with one attached hydrogen (secondary N) is 2. The number of guanidine groups is 1. The number of amides is 1. The van der Waals surface area contributed by atoms with Gasteiger partial charge in [0.1, 0.15) is 17.7 Å². The van der Waals surface area contributed by atoms with Crippen LogP contribution in [0.25, 0.3) is 11.1 Å². The number of carbonyl (C=O) groups excluding carboxylic acids is 1. The summed E-state index contributed by atoms with van der Waals surface area (Å²) in [5.74, 6) is 1.90. The summed E-state index contributed by atoms with van der Waals surface area (Å²) in [6, 6.07) is 20.0. The van der Waals surface area contributed by atoms with Crippen molar-refractivity contribution >= 4 is 18.2 Å². The number of aromatic nitrogens is 1. The van der Waals surface area contributed by atoms with Gasteiger partial charge in [0.05, 0.1) is 7.11 Å². The lowest BCUT2D eigenvalue weighted by Crippen LogP contribution is -2.46. The smallest absolute Gasteiger partial charge is 0.219 e. The summed E-state index contributed by atoms with van der Waals surface area (Å²) >= 11 is 0. The van der Waals surface area contributed by atoms with Gasteiger partial charge in [-0.2, -0.15) is 0 Å². The molecule has 7 nitrogen and oxygen atoms in total. The molecule has 1 aliphatic rings.